The zero-order chi connectivity index (χ0) is 17.6. The Morgan fingerprint density at radius 3 is 1.84 bits per heavy atom. The molecular weight excluding hydrogens is 312 g/mol. The molecule has 0 saturated carbocycles. The van der Waals surface area contributed by atoms with Gasteiger partial charge in [-0.1, -0.05) is 72.8 Å². The van der Waals surface area contributed by atoms with Gasteiger partial charge in [0.25, 0.3) is 0 Å². The van der Waals surface area contributed by atoms with Gasteiger partial charge in [-0.2, -0.15) is 0 Å². The fourth-order valence-corrected chi connectivity index (χ4v) is 2.64. The molecule has 3 nitrogen and oxygen atoms in total. The van der Waals surface area contributed by atoms with Gasteiger partial charge in [-0.15, -0.1) is 0 Å². The first kappa shape index (κ1) is 16.7. The van der Waals surface area contributed by atoms with Gasteiger partial charge in [0.2, 0.25) is 5.78 Å². The maximum Gasteiger partial charge on any atom is 0.339 e. The third kappa shape index (κ3) is 3.83. The third-order valence-corrected chi connectivity index (χ3v) is 4.00. The first-order valence-electron chi connectivity index (χ1n) is 8.07. The number of carbonyl (C=O) groups excluding carboxylic acids is 2. The number of rotatable bonds is 5. The van der Waals surface area contributed by atoms with Crippen molar-refractivity contribution in [1.29, 1.82) is 0 Å². The number of hydrogen-bond donors (Lipinski definition) is 0. The third-order valence-electron chi connectivity index (χ3n) is 4.00. The van der Waals surface area contributed by atoms with E-state index in [1.807, 2.05) is 43.3 Å². The van der Waals surface area contributed by atoms with Gasteiger partial charge in [0.05, 0.1) is 5.56 Å². The highest BCUT2D eigenvalue weighted by Gasteiger charge is 2.27. The summed E-state index contributed by atoms with van der Waals surface area (Å²) < 4.78 is 5.63. The number of carbonyl (C=O) groups is 2. The molecule has 0 aliphatic rings. The average Bonchev–Trinajstić information content (AvgIpc) is 2.67. The fraction of sp³-hybridized carbons (Fsp3) is 0.0909. The number of ether oxygens (including phenoxy) is 1. The summed E-state index contributed by atoms with van der Waals surface area (Å²) in [7, 11) is 0. The van der Waals surface area contributed by atoms with E-state index in [0.29, 0.717) is 16.7 Å². The highest BCUT2D eigenvalue weighted by Crippen LogP contribution is 2.26. The molecule has 0 radical (unpaired) electrons. The van der Waals surface area contributed by atoms with Crippen molar-refractivity contribution < 1.29 is 14.3 Å². The molecule has 0 N–H and O–H groups in total. The second kappa shape index (κ2) is 7.58. The molecule has 0 aliphatic heterocycles. The molecule has 0 unspecified atom stereocenters. The van der Waals surface area contributed by atoms with Gasteiger partial charge in [0.15, 0.2) is 6.10 Å². The SMILES string of the molecule is Cc1ccccc1[C@H](OC(=O)c1ccccc1)C(=O)c1ccccc1. The number of benzene rings is 3. The molecule has 3 aromatic rings. The molecule has 0 bridgehead atoms. The van der Waals surface area contributed by atoms with Crippen LogP contribution in [-0.2, 0) is 4.74 Å². The summed E-state index contributed by atoms with van der Waals surface area (Å²) in [5.41, 5.74) is 2.52. The van der Waals surface area contributed by atoms with Gasteiger partial charge in [0.1, 0.15) is 0 Å². The molecule has 3 aromatic carbocycles. The van der Waals surface area contributed by atoms with E-state index < -0.39 is 12.1 Å². The maximum atomic E-state index is 13.0. The van der Waals surface area contributed by atoms with Gasteiger partial charge >= 0.3 is 5.97 Å². The number of Topliss-reactive ketones (excluding diaryl/α,β-unsaturated/α-hetero) is 1. The zero-order valence-electron chi connectivity index (χ0n) is 13.9. The normalized spacial score (nSPS) is 11.6. The Balaban J connectivity index is 1.96. The van der Waals surface area contributed by atoms with E-state index in [9.17, 15) is 9.59 Å². The summed E-state index contributed by atoms with van der Waals surface area (Å²) in [5.74, 6) is -0.752. The van der Waals surface area contributed by atoms with E-state index in [1.54, 1.807) is 48.5 Å². The van der Waals surface area contributed by atoms with Crippen molar-refractivity contribution in [2.45, 2.75) is 13.0 Å². The van der Waals surface area contributed by atoms with Crippen LogP contribution in [0.1, 0.15) is 37.9 Å². The lowest BCUT2D eigenvalue weighted by Gasteiger charge is -2.19. The number of hydrogen-bond acceptors (Lipinski definition) is 3. The molecule has 1 atom stereocenters. The van der Waals surface area contributed by atoms with Crippen LogP contribution in [-0.4, -0.2) is 11.8 Å². The number of aryl methyl sites for hydroxylation is 1. The molecular formula is C22H18O3. The van der Waals surface area contributed by atoms with E-state index in [4.69, 9.17) is 4.74 Å². The molecule has 0 fully saturated rings. The molecule has 3 rings (SSSR count). The van der Waals surface area contributed by atoms with Crippen LogP contribution in [0.3, 0.4) is 0 Å². The summed E-state index contributed by atoms with van der Waals surface area (Å²) in [6, 6.07) is 25.0. The topological polar surface area (TPSA) is 43.4 Å². The van der Waals surface area contributed by atoms with Gasteiger partial charge < -0.3 is 4.74 Å². The lowest BCUT2D eigenvalue weighted by atomic mass is 9.96. The molecule has 124 valence electrons. The number of ketones is 1. The van der Waals surface area contributed by atoms with Crippen molar-refractivity contribution in [3.8, 4) is 0 Å². The Morgan fingerprint density at radius 2 is 1.24 bits per heavy atom. The molecule has 0 aromatic heterocycles. The second-order valence-electron chi connectivity index (χ2n) is 5.74. The van der Waals surface area contributed by atoms with Crippen LogP contribution < -0.4 is 0 Å². The van der Waals surface area contributed by atoms with Crippen LogP contribution in [0.25, 0.3) is 0 Å². The maximum absolute atomic E-state index is 13.0. The van der Waals surface area contributed by atoms with Crippen molar-refractivity contribution in [3.63, 3.8) is 0 Å². The monoisotopic (exact) mass is 330 g/mol. The van der Waals surface area contributed by atoms with Crippen LogP contribution in [0.15, 0.2) is 84.9 Å². The van der Waals surface area contributed by atoms with Crippen molar-refractivity contribution in [1.82, 2.24) is 0 Å². The minimum atomic E-state index is -0.976. The van der Waals surface area contributed by atoms with Crippen LogP contribution in [0, 0.1) is 6.92 Å². The Labute approximate surface area is 146 Å². The van der Waals surface area contributed by atoms with Crippen molar-refractivity contribution in [3.05, 3.63) is 107 Å². The van der Waals surface area contributed by atoms with Crippen molar-refractivity contribution in [2.75, 3.05) is 0 Å². The Bertz CT molecular complexity index is 870. The van der Waals surface area contributed by atoms with Crippen molar-refractivity contribution in [2.24, 2.45) is 0 Å². The molecule has 0 amide bonds. The van der Waals surface area contributed by atoms with Crippen LogP contribution in [0.2, 0.25) is 0 Å². The Kier molecular flexibility index (Phi) is 5.05. The summed E-state index contributed by atoms with van der Waals surface area (Å²) in [6.07, 6.45) is -0.976. The van der Waals surface area contributed by atoms with Crippen LogP contribution in [0.5, 0.6) is 0 Å². The van der Waals surface area contributed by atoms with E-state index in [1.165, 1.54) is 0 Å². The predicted octanol–water partition coefficient (Wildman–Crippen LogP) is 4.78. The highest BCUT2D eigenvalue weighted by molar-refractivity contribution is 6.02. The molecule has 0 spiro atoms. The standard InChI is InChI=1S/C22H18O3/c1-16-10-8-9-15-19(16)21(20(23)17-11-4-2-5-12-17)25-22(24)18-13-6-3-7-14-18/h2-15,21H,1H3/t21-/m0/s1. The van der Waals surface area contributed by atoms with Gasteiger partial charge in [-0.3, -0.25) is 4.79 Å². The van der Waals surface area contributed by atoms with Crippen LogP contribution in [0.4, 0.5) is 0 Å². The first-order chi connectivity index (χ1) is 12.2. The van der Waals surface area contributed by atoms with Gasteiger partial charge in [-0.25, -0.2) is 4.79 Å². The van der Waals surface area contributed by atoms with E-state index >= 15 is 0 Å². The summed E-state index contributed by atoms with van der Waals surface area (Å²) in [6.45, 7) is 1.90. The quantitative estimate of drug-likeness (QED) is 0.500. The second-order valence-corrected chi connectivity index (χ2v) is 5.74. The summed E-state index contributed by atoms with van der Waals surface area (Å²) in [4.78, 5) is 25.5. The summed E-state index contributed by atoms with van der Waals surface area (Å²) >= 11 is 0. The van der Waals surface area contributed by atoms with E-state index in [0.717, 1.165) is 5.56 Å². The van der Waals surface area contributed by atoms with Crippen LogP contribution >= 0.6 is 0 Å². The molecule has 0 heterocycles. The summed E-state index contributed by atoms with van der Waals surface area (Å²) in [5, 5.41) is 0. The largest absolute Gasteiger partial charge is 0.445 e. The van der Waals surface area contributed by atoms with E-state index in [-0.39, 0.29) is 5.78 Å². The molecule has 0 saturated heterocycles. The van der Waals surface area contributed by atoms with Gasteiger partial charge in [0, 0.05) is 11.1 Å². The molecule has 25 heavy (non-hydrogen) atoms. The zero-order valence-corrected chi connectivity index (χ0v) is 13.9. The highest BCUT2D eigenvalue weighted by atomic mass is 16.5. The lowest BCUT2D eigenvalue weighted by Crippen LogP contribution is -2.21. The molecule has 0 aliphatic carbocycles. The predicted molar refractivity (Wildman–Crippen MR) is 96.6 cm³/mol. The van der Waals surface area contributed by atoms with E-state index in [2.05, 4.69) is 0 Å². The minimum absolute atomic E-state index is 0.237. The Morgan fingerprint density at radius 1 is 0.720 bits per heavy atom. The van der Waals surface area contributed by atoms with Gasteiger partial charge in [-0.05, 0) is 24.6 Å². The van der Waals surface area contributed by atoms with Crippen molar-refractivity contribution >= 4 is 11.8 Å². The smallest absolute Gasteiger partial charge is 0.339 e. The molecule has 3 heteroatoms. The Hall–Kier alpha value is -3.20. The first-order valence-corrected chi connectivity index (χ1v) is 8.07. The fourth-order valence-electron chi connectivity index (χ4n) is 2.64. The minimum Gasteiger partial charge on any atom is -0.445 e. The lowest BCUT2D eigenvalue weighted by molar-refractivity contribution is 0.0279. The average molecular weight is 330 g/mol. The number of esters is 1.